The van der Waals surface area contributed by atoms with Gasteiger partial charge in [0.1, 0.15) is 18.5 Å². The third-order valence-electron chi connectivity index (χ3n) is 2.36. The highest BCUT2D eigenvalue weighted by Crippen LogP contribution is 2.15. The van der Waals surface area contributed by atoms with Crippen molar-refractivity contribution in [3.63, 3.8) is 0 Å². The maximum absolute atomic E-state index is 11.0. The Hall–Kier alpha value is -2.82. The SMILES string of the molecule is O=C(OCCl)Oc1ccc(CC(CO[N+](=O)[O-])O[N+](=O)[O-])cc1. The van der Waals surface area contributed by atoms with Crippen molar-refractivity contribution < 1.29 is 34.1 Å². The van der Waals surface area contributed by atoms with E-state index >= 15 is 0 Å². The van der Waals surface area contributed by atoms with Crippen LogP contribution in [0.1, 0.15) is 5.56 Å². The zero-order valence-corrected chi connectivity index (χ0v) is 12.2. The summed E-state index contributed by atoms with van der Waals surface area (Å²) in [5, 5.41) is 18.4. The molecule has 1 aromatic rings. The predicted molar refractivity (Wildman–Crippen MR) is 72.8 cm³/mol. The Morgan fingerprint density at radius 3 is 2.35 bits per heavy atom. The lowest BCUT2D eigenvalue weighted by atomic mass is 10.1. The lowest BCUT2D eigenvalue weighted by Gasteiger charge is -2.13. The normalized spacial score (nSPS) is 11.2. The van der Waals surface area contributed by atoms with Gasteiger partial charge in [-0.25, -0.2) is 4.79 Å². The summed E-state index contributed by atoms with van der Waals surface area (Å²) in [5.41, 5.74) is 0.543. The molecule has 126 valence electrons. The molecule has 0 heterocycles. The van der Waals surface area contributed by atoms with Gasteiger partial charge >= 0.3 is 6.16 Å². The van der Waals surface area contributed by atoms with Gasteiger partial charge in [-0.15, -0.1) is 20.2 Å². The van der Waals surface area contributed by atoms with Gasteiger partial charge in [0.05, 0.1) is 0 Å². The largest absolute Gasteiger partial charge is 0.515 e. The average molecular weight is 351 g/mol. The quantitative estimate of drug-likeness (QED) is 0.214. The zero-order valence-electron chi connectivity index (χ0n) is 11.5. The van der Waals surface area contributed by atoms with Crippen LogP contribution in [-0.2, 0) is 20.8 Å². The molecule has 0 N–H and O–H groups in total. The summed E-state index contributed by atoms with van der Waals surface area (Å²) in [7, 11) is 0. The molecule has 0 fully saturated rings. The van der Waals surface area contributed by atoms with E-state index in [1.807, 2.05) is 0 Å². The maximum atomic E-state index is 11.0. The molecule has 12 heteroatoms. The van der Waals surface area contributed by atoms with Crippen LogP contribution in [0.15, 0.2) is 24.3 Å². The van der Waals surface area contributed by atoms with Gasteiger partial charge < -0.3 is 19.1 Å². The molecule has 0 saturated heterocycles. The van der Waals surface area contributed by atoms with Crippen LogP contribution < -0.4 is 4.74 Å². The minimum Gasteiger partial charge on any atom is -0.418 e. The van der Waals surface area contributed by atoms with Gasteiger partial charge in [0.2, 0.25) is 0 Å². The van der Waals surface area contributed by atoms with E-state index in [2.05, 4.69) is 14.4 Å². The lowest BCUT2D eigenvalue weighted by molar-refractivity contribution is -0.789. The Labute approximate surface area is 133 Å². The van der Waals surface area contributed by atoms with Gasteiger partial charge in [0, 0.05) is 6.42 Å². The fraction of sp³-hybridized carbons (Fsp3) is 0.364. The number of rotatable bonds is 9. The summed E-state index contributed by atoms with van der Waals surface area (Å²) in [4.78, 5) is 39.9. The van der Waals surface area contributed by atoms with E-state index in [-0.39, 0.29) is 18.2 Å². The minimum absolute atomic E-state index is 0.0266. The molecule has 0 saturated carbocycles. The molecule has 0 amide bonds. The first-order chi connectivity index (χ1) is 10.9. The first-order valence-corrected chi connectivity index (χ1v) is 6.52. The highest BCUT2D eigenvalue weighted by atomic mass is 35.5. The van der Waals surface area contributed by atoms with Crippen LogP contribution in [0.3, 0.4) is 0 Å². The summed E-state index contributed by atoms with van der Waals surface area (Å²) in [6.07, 6.45) is -2.17. The molecule has 0 radical (unpaired) electrons. The van der Waals surface area contributed by atoms with E-state index in [9.17, 15) is 25.0 Å². The molecule has 23 heavy (non-hydrogen) atoms. The summed E-state index contributed by atoms with van der Waals surface area (Å²) in [5.74, 6) is 0.164. The van der Waals surface area contributed by atoms with Crippen molar-refractivity contribution in [2.45, 2.75) is 12.5 Å². The smallest absolute Gasteiger partial charge is 0.418 e. The Morgan fingerprint density at radius 2 is 1.83 bits per heavy atom. The number of carbonyl (C=O) groups excluding carboxylic acids is 1. The van der Waals surface area contributed by atoms with Crippen LogP contribution in [0.5, 0.6) is 5.75 Å². The van der Waals surface area contributed by atoms with Gasteiger partial charge in [0.15, 0.2) is 6.07 Å². The van der Waals surface area contributed by atoms with Gasteiger partial charge in [-0.2, -0.15) is 0 Å². The van der Waals surface area contributed by atoms with E-state index in [0.29, 0.717) is 5.56 Å². The van der Waals surface area contributed by atoms with Crippen molar-refractivity contribution in [1.82, 2.24) is 0 Å². The predicted octanol–water partition coefficient (Wildman–Crippen LogP) is 1.73. The van der Waals surface area contributed by atoms with E-state index < -0.39 is 29.0 Å². The average Bonchev–Trinajstić information content (AvgIpc) is 2.46. The van der Waals surface area contributed by atoms with E-state index in [4.69, 9.17) is 16.3 Å². The summed E-state index contributed by atoms with van der Waals surface area (Å²) >= 11 is 5.19. The second kappa shape index (κ2) is 9.25. The maximum Gasteiger partial charge on any atom is 0.515 e. The Morgan fingerprint density at radius 1 is 1.17 bits per heavy atom. The summed E-state index contributed by atoms with van der Waals surface area (Å²) in [6.45, 7) is -0.603. The number of carbonyl (C=O) groups is 1. The minimum atomic E-state index is -1.16. The van der Waals surface area contributed by atoms with Crippen molar-refractivity contribution in [1.29, 1.82) is 0 Å². The number of benzene rings is 1. The molecule has 1 rings (SSSR count). The number of alkyl halides is 1. The van der Waals surface area contributed by atoms with E-state index in [0.717, 1.165) is 0 Å². The van der Waals surface area contributed by atoms with E-state index in [1.165, 1.54) is 24.3 Å². The topological polar surface area (TPSA) is 140 Å². The molecule has 0 aromatic heterocycles. The van der Waals surface area contributed by atoms with Crippen molar-refractivity contribution >= 4 is 17.8 Å². The monoisotopic (exact) mass is 350 g/mol. The third-order valence-corrected chi connectivity index (χ3v) is 2.47. The number of nitrogens with zero attached hydrogens (tertiary/aromatic N) is 2. The molecule has 0 bridgehead atoms. The number of hydrogen-bond donors (Lipinski definition) is 0. The number of ether oxygens (including phenoxy) is 2. The molecule has 0 spiro atoms. The van der Waals surface area contributed by atoms with Gasteiger partial charge in [-0.3, -0.25) is 0 Å². The lowest BCUT2D eigenvalue weighted by Crippen LogP contribution is -2.26. The molecular weight excluding hydrogens is 340 g/mol. The van der Waals surface area contributed by atoms with Crippen molar-refractivity contribution in [3.8, 4) is 5.75 Å². The number of halogens is 1. The van der Waals surface area contributed by atoms with Gasteiger partial charge in [-0.05, 0) is 17.7 Å². The van der Waals surface area contributed by atoms with Crippen molar-refractivity contribution in [2.24, 2.45) is 0 Å². The van der Waals surface area contributed by atoms with Crippen LogP contribution in [0.2, 0.25) is 0 Å². The Balaban J connectivity index is 2.63. The molecule has 0 aliphatic carbocycles. The highest BCUT2D eigenvalue weighted by molar-refractivity contribution is 6.17. The van der Waals surface area contributed by atoms with Crippen LogP contribution >= 0.6 is 11.6 Å². The van der Waals surface area contributed by atoms with Crippen LogP contribution in [0, 0.1) is 20.2 Å². The fourth-order valence-corrected chi connectivity index (χ4v) is 1.61. The Kier molecular flexibility index (Phi) is 7.33. The standard InChI is InChI=1S/C11H11ClN2O9/c12-7-20-11(15)22-9-3-1-8(2-4-9)5-10(23-14(18)19)6-21-13(16)17/h1-4,10H,5-7H2. The van der Waals surface area contributed by atoms with Crippen LogP contribution in [-0.4, -0.2) is 35.1 Å². The summed E-state index contributed by atoms with van der Waals surface area (Å²) < 4.78 is 9.13. The van der Waals surface area contributed by atoms with Crippen molar-refractivity contribution in [2.75, 3.05) is 12.7 Å². The van der Waals surface area contributed by atoms with Crippen molar-refractivity contribution in [3.05, 3.63) is 50.1 Å². The molecule has 1 atom stereocenters. The molecule has 0 aliphatic rings. The van der Waals surface area contributed by atoms with Crippen LogP contribution in [0.25, 0.3) is 0 Å². The molecule has 11 nitrogen and oxygen atoms in total. The van der Waals surface area contributed by atoms with Gasteiger partial charge in [-0.1, -0.05) is 23.7 Å². The molecular formula is C11H11ClN2O9. The number of hydrogen-bond acceptors (Lipinski definition) is 9. The first-order valence-electron chi connectivity index (χ1n) is 5.98. The van der Waals surface area contributed by atoms with Crippen LogP contribution in [0.4, 0.5) is 4.79 Å². The highest BCUT2D eigenvalue weighted by Gasteiger charge is 2.17. The van der Waals surface area contributed by atoms with Gasteiger partial charge in [0.25, 0.3) is 10.2 Å². The zero-order chi connectivity index (χ0) is 17.2. The molecule has 0 aliphatic heterocycles. The fourth-order valence-electron chi connectivity index (χ4n) is 1.52. The second-order valence-corrected chi connectivity index (χ2v) is 4.14. The Bertz CT molecular complexity index is 551. The molecule has 1 unspecified atom stereocenters. The molecule has 1 aromatic carbocycles. The first kappa shape index (κ1) is 18.2. The summed E-state index contributed by atoms with van der Waals surface area (Å²) in [6, 6.07) is 5.44. The third kappa shape index (κ3) is 7.66. The second-order valence-electron chi connectivity index (χ2n) is 3.92. The van der Waals surface area contributed by atoms with E-state index in [1.54, 1.807) is 0 Å².